The van der Waals surface area contributed by atoms with E-state index in [-0.39, 0.29) is 17.3 Å². The summed E-state index contributed by atoms with van der Waals surface area (Å²) in [4.78, 5) is 14.8. The van der Waals surface area contributed by atoms with Crippen molar-refractivity contribution in [1.82, 2.24) is 15.1 Å². The van der Waals surface area contributed by atoms with Gasteiger partial charge in [-0.2, -0.15) is 0 Å². The zero-order valence-electron chi connectivity index (χ0n) is 15.4. The predicted molar refractivity (Wildman–Crippen MR) is 92.6 cm³/mol. The molecule has 134 valence electrons. The molecule has 24 heavy (non-hydrogen) atoms. The summed E-state index contributed by atoms with van der Waals surface area (Å²) in [5, 5.41) is 8.49. The summed E-state index contributed by atoms with van der Waals surface area (Å²) in [7, 11) is 0. The molecule has 0 bridgehead atoms. The highest BCUT2D eigenvalue weighted by atomic mass is 16.4. The Hall–Kier alpha value is -1.39. The van der Waals surface area contributed by atoms with E-state index < -0.39 is 0 Å². The standard InChI is InChI=1S/C19H31N3O2/c1-19(2,3)12-16-20-21-17(24-16)15-10-7-11-22(13-15)18(23)14-8-5-4-6-9-14/h14-15H,4-13H2,1-3H3. The van der Waals surface area contributed by atoms with E-state index in [1.54, 1.807) is 0 Å². The van der Waals surface area contributed by atoms with E-state index in [2.05, 4.69) is 35.9 Å². The third-order valence-electron chi connectivity index (χ3n) is 5.20. The molecule has 2 heterocycles. The lowest BCUT2D eigenvalue weighted by Crippen LogP contribution is -2.42. The highest BCUT2D eigenvalue weighted by Crippen LogP contribution is 2.31. The molecule has 0 spiro atoms. The van der Waals surface area contributed by atoms with Crippen molar-refractivity contribution >= 4 is 5.91 Å². The second-order valence-electron chi connectivity index (χ2n) is 8.73. The Morgan fingerprint density at radius 2 is 1.88 bits per heavy atom. The summed E-state index contributed by atoms with van der Waals surface area (Å²) in [6, 6.07) is 0. The van der Waals surface area contributed by atoms with E-state index >= 15 is 0 Å². The fourth-order valence-electron chi connectivity index (χ4n) is 3.94. The quantitative estimate of drug-likeness (QED) is 0.840. The Labute approximate surface area is 145 Å². The maximum atomic E-state index is 12.8. The molecule has 5 nitrogen and oxygen atoms in total. The molecule has 1 amide bonds. The first-order valence-corrected chi connectivity index (χ1v) is 9.53. The average molecular weight is 333 g/mol. The van der Waals surface area contributed by atoms with Gasteiger partial charge in [0.1, 0.15) is 0 Å². The van der Waals surface area contributed by atoms with E-state index in [1.165, 1.54) is 19.3 Å². The van der Waals surface area contributed by atoms with Crippen LogP contribution in [0.2, 0.25) is 0 Å². The van der Waals surface area contributed by atoms with E-state index in [0.717, 1.165) is 51.1 Å². The summed E-state index contributed by atoms with van der Waals surface area (Å²) in [5.41, 5.74) is 0.138. The van der Waals surface area contributed by atoms with Crippen LogP contribution >= 0.6 is 0 Å². The van der Waals surface area contributed by atoms with Crippen molar-refractivity contribution in [2.45, 2.75) is 78.1 Å². The first kappa shape index (κ1) is 17.4. The minimum absolute atomic E-state index is 0.138. The molecule has 2 aliphatic rings. The second kappa shape index (κ2) is 7.24. The van der Waals surface area contributed by atoms with E-state index in [0.29, 0.717) is 11.8 Å². The fourth-order valence-corrected chi connectivity index (χ4v) is 3.94. The summed E-state index contributed by atoms with van der Waals surface area (Å²) in [5.74, 6) is 2.24. The summed E-state index contributed by atoms with van der Waals surface area (Å²) in [6.07, 6.45) is 8.67. The van der Waals surface area contributed by atoms with Gasteiger partial charge in [0.25, 0.3) is 0 Å². The molecule has 1 aromatic heterocycles. The van der Waals surface area contributed by atoms with Crippen LogP contribution in [0.5, 0.6) is 0 Å². The number of amides is 1. The largest absolute Gasteiger partial charge is 0.425 e. The molecule has 0 N–H and O–H groups in total. The number of hydrogen-bond acceptors (Lipinski definition) is 4. The lowest BCUT2D eigenvalue weighted by molar-refractivity contribution is -0.137. The first-order chi connectivity index (χ1) is 11.4. The van der Waals surface area contributed by atoms with Crippen LogP contribution in [0.15, 0.2) is 4.42 Å². The monoisotopic (exact) mass is 333 g/mol. The number of likely N-dealkylation sites (tertiary alicyclic amines) is 1. The smallest absolute Gasteiger partial charge is 0.225 e. The molecule has 1 atom stereocenters. The number of hydrogen-bond donors (Lipinski definition) is 0. The third-order valence-corrected chi connectivity index (χ3v) is 5.20. The highest BCUT2D eigenvalue weighted by Gasteiger charge is 2.32. The van der Waals surface area contributed by atoms with Crippen LogP contribution in [0.25, 0.3) is 0 Å². The molecule has 0 aromatic carbocycles. The predicted octanol–water partition coefficient (Wildman–Crippen LogP) is 3.94. The van der Waals surface area contributed by atoms with Gasteiger partial charge in [0.2, 0.25) is 17.7 Å². The molecule has 3 rings (SSSR count). The zero-order chi connectivity index (χ0) is 17.2. The van der Waals surface area contributed by atoms with Crippen LogP contribution in [0.4, 0.5) is 0 Å². The highest BCUT2D eigenvalue weighted by molar-refractivity contribution is 5.79. The van der Waals surface area contributed by atoms with Crippen molar-refractivity contribution in [2.75, 3.05) is 13.1 Å². The minimum atomic E-state index is 0.138. The van der Waals surface area contributed by atoms with Crippen LogP contribution < -0.4 is 0 Å². The SMILES string of the molecule is CC(C)(C)Cc1nnc(C2CCCN(C(=O)C3CCCCC3)C2)o1. The van der Waals surface area contributed by atoms with Crippen LogP contribution in [0, 0.1) is 11.3 Å². The van der Waals surface area contributed by atoms with Gasteiger partial charge in [-0.3, -0.25) is 4.79 Å². The van der Waals surface area contributed by atoms with Crippen LogP contribution in [-0.4, -0.2) is 34.1 Å². The van der Waals surface area contributed by atoms with Crippen molar-refractivity contribution in [3.05, 3.63) is 11.8 Å². The number of carbonyl (C=O) groups excluding carboxylic acids is 1. The van der Waals surface area contributed by atoms with Crippen molar-refractivity contribution < 1.29 is 9.21 Å². The van der Waals surface area contributed by atoms with Crippen molar-refractivity contribution in [2.24, 2.45) is 11.3 Å². The number of aromatic nitrogens is 2. The molecule has 0 radical (unpaired) electrons. The van der Waals surface area contributed by atoms with Gasteiger partial charge in [-0.1, -0.05) is 40.0 Å². The maximum absolute atomic E-state index is 12.8. The molecular formula is C19H31N3O2. The summed E-state index contributed by atoms with van der Waals surface area (Å²) < 4.78 is 5.91. The normalized spacial score (nSPS) is 23.5. The van der Waals surface area contributed by atoms with Gasteiger partial charge in [-0.05, 0) is 31.1 Å². The van der Waals surface area contributed by atoms with Crippen LogP contribution in [0.1, 0.15) is 83.4 Å². The molecule has 1 aliphatic heterocycles. The van der Waals surface area contributed by atoms with Gasteiger partial charge >= 0.3 is 0 Å². The fraction of sp³-hybridized carbons (Fsp3) is 0.842. The lowest BCUT2D eigenvalue weighted by Gasteiger charge is -2.34. The second-order valence-corrected chi connectivity index (χ2v) is 8.73. The summed E-state index contributed by atoms with van der Waals surface area (Å²) in [6.45, 7) is 8.13. The molecule has 1 aliphatic carbocycles. The Morgan fingerprint density at radius 1 is 1.12 bits per heavy atom. The number of nitrogens with zero attached hydrogens (tertiary/aromatic N) is 3. The number of rotatable bonds is 3. The van der Waals surface area contributed by atoms with Crippen molar-refractivity contribution in [3.8, 4) is 0 Å². The zero-order valence-corrected chi connectivity index (χ0v) is 15.4. The van der Waals surface area contributed by atoms with Gasteiger partial charge in [0.05, 0.1) is 5.92 Å². The molecule has 1 saturated heterocycles. The van der Waals surface area contributed by atoms with Crippen LogP contribution in [0.3, 0.4) is 0 Å². The Balaban J connectivity index is 1.62. The molecule has 1 unspecified atom stereocenters. The van der Waals surface area contributed by atoms with Gasteiger partial charge in [0, 0.05) is 25.4 Å². The number of carbonyl (C=O) groups is 1. The Morgan fingerprint density at radius 3 is 2.58 bits per heavy atom. The maximum Gasteiger partial charge on any atom is 0.225 e. The topological polar surface area (TPSA) is 59.2 Å². The molecule has 5 heteroatoms. The molecular weight excluding hydrogens is 302 g/mol. The van der Waals surface area contributed by atoms with E-state index in [9.17, 15) is 4.79 Å². The van der Waals surface area contributed by atoms with Gasteiger partial charge in [-0.15, -0.1) is 10.2 Å². The molecule has 1 aromatic rings. The number of piperidine rings is 1. The lowest BCUT2D eigenvalue weighted by atomic mass is 9.87. The van der Waals surface area contributed by atoms with Gasteiger partial charge < -0.3 is 9.32 Å². The van der Waals surface area contributed by atoms with Gasteiger partial charge in [-0.25, -0.2) is 0 Å². The Kier molecular flexibility index (Phi) is 5.26. The molecule has 1 saturated carbocycles. The van der Waals surface area contributed by atoms with E-state index in [4.69, 9.17) is 4.42 Å². The molecule has 2 fully saturated rings. The first-order valence-electron chi connectivity index (χ1n) is 9.53. The summed E-state index contributed by atoms with van der Waals surface area (Å²) >= 11 is 0. The third kappa shape index (κ3) is 4.37. The van der Waals surface area contributed by atoms with E-state index in [1.807, 2.05) is 0 Å². The van der Waals surface area contributed by atoms with Crippen LogP contribution in [-0.2, 0) is 11.2 Å². The minimum Gasteiger partial charge on any atom is -0.425 e. The van der Waals surface area contributed by atoms with Crippen molar-refractivity contribution in [1.29, 1.82) is 0 Å². The van der Waals surface area contributed by atoms with Crippen molar-refractivity contribution in [3.63, 3.8) is 0 Å². The Bertz CT molecular complexity index is 555. The van der Waals surface area contributed by atoms with Gasteiger partial charge in [0.15, 0.2) is 0 Å². The average Bonchev–Trinajstić information content (AvgIpc) is 3.01.